The summed E-state index contributed by atoms with van der Waals surface area (Å²) >= 11 is 0. The molecule has 0 spiro atoms. The Balaban J connectivity index is 2.01. The van der Waals surface area contributed by atoms with Gasteiger partial charge in [-0.3, -0.25) is 9.59 Å². The number of rotatable bonds is 13. The number of carboxylic acids is 1. The Morgan fingerprint density at radius 2 is 1.69 bits per heavy atom. The molecule has 1 amide bonds. The fraction of sp³-hybridized carbons (Fsp3) is 0.533. The number of amides is 1. The minimum atomic E-state index is -3.50. The predicted molar refractivity (Wildman–Crippen MR) is 153 cm³/mol. The van der Waals surface area contributed by atoms with Crippen molar-refractivity contribution >= 4 is 27.4 Å². The molecule has 1 aliphatic heterocycles. The first-order chi connectivity index (χ1) is 18.5. The molecule has 0 fully saturated rings. The van der Waals surface area contributed by atoms with Crippen LogP contribution in [0.2, 0.25) is 0 Å². The summed E-state index contributed by atoms with van der Waals surface area (Å²) in [5.41, 5.74) is 2.47. The number of nitrogens with one attached hydrogen (secondary N) is 1. The molecule has 2 aromatic carbocycles. The van der Waals surface area contributed by atoms with Crippen LogP contribution in [-0.2, 0) is 19.4 Å². The number of hydrogen-bond donors (Lipinski definition) is 2. The average molecular weight is 559 g/mol. The highest BCUT2D eigenvalue weighted by Gasteiger charge is 2.43. The van der Waals surface area contributed by atoms with Crippen LogP contribution >= 0.6 is 0 Å². The van der Waals surface area contributed by atoms with E-state index in [2.05, 4.69) is 19.2 Å². The summed E-state index contributed by atoms with van der Waals surface area (Å²) in [6.45, 7) is 3.54. The Bertz CT molecular complexity index is 1230. The van der Waals surface area contributed by atoms with Gasteiger partial charge in [0, 0.05) is 25.7 Å². The molecule has 0 saturated carbocycles. The molecule has 1 heterocycles. The quantitative estimate of drug-likeness (QED) is 0.355. The fourth-order valence-corrected chi connectivity index (χ4v) is 7.70. The van der Waals surface area contributed by atoms with Gasteiger partial charge < -0.3 is 20.1 Å². The van der Waals surface area contributed by atoms with Crippen LogP contribution in [0.5, 0.6) is 5.75 Å². The largest absolute Gasteiger partial charge is 0.484 e. The summed E-state index contributed by atoms with van der Waals surface area (Å²) in [6.07, 6.45) is 6.50. The summed E-state index contributed by atoms with van der Waals surface area (Å²) < 4.78 is 33.3. The number of ether oxygens (including phenoxy) is 1. The molecule has 39 heavy (non-hydrogen) atoms. The van der Waals surface area contributed by atoms with Gasteiger partial charge >= 0.3 is 5.97 Å². The van der Waals surface area contributed by atoms with Crippen molar-refractivity contribution in [2.75, 3.05) is 37.9 Å². The molecule has 9 heteroatoms. The third-order valence-electron chi connectivity index (χ3n) is 7.56. The zero-order valence-corrected chi connectivity index (χ0v) is 24.4. The lowest BCUT2D eigenvalue weighted by Gasteiger charge is -2.35. The van der Waals surface area contributed by atoms with Crippen LogP contribution in [0, 0.1) is 5.41 Å². The maximum Gasteiger partial charge on any atom is 0.322 e. The predicted octanol–water partition coefficient (Wildman–Crippen LogP) is 5.01. The molecule has 214 valence electrons. The number of carbonyl (C=O) groups is 2. The maximum absolute atomic E-state index is 13.9. The summed E-state index contributed by atoms with van der Waals surface area (Å²) in [5.74, 6) is -1.10. The average Bonchev–Trinajstić information content (AvgIpc) is 3.00. The smallest absolute Gasteiger partial charge is 0.322 e. The molecule has 1 aliphatic rings. The highest BCUT2D eigenvalue weighted by molar-refractivity contribution is 7.91. The van der Waals surface area contributed by atoms with Crippen molar-refractivity contribution in [1.29, 1.82) is 0 Å². The lowest BCUT2D eigenvalue weighted by molar-refractivity contribution is -0.138. The van der Waals surface area contributed by atoms with E-state index in [-0.39, 0.29) is 23.7 Å². The molecular formula is C30H42N2O6S. The number of nitrogens with zero attached hydrogens (tertiary/aromatic N) is 1. The molecular weight excluding hydrogens is 516 g/mol. The monoisotopic (exact) mass is 558 g/mol. The summed E-state index contributed by atoms with van der Waals surface area (Å²) in [4.78, 5) is 24.9. The van der Waals surface area contributed by atoms with Crippen LogP contribution < -0.4 is 15.0 Å². The zero-order valence-electron chi connectivity index (χ0n) is 23.5. The molecule has 0 aromatic heterocycles. The first-order valence-corrected chi connectivity index (χ1v) is 15.4. The van der Waals surface area contributed by atoms with Gasteiger partial charge in [-0.05, 0) is 66.1 Å². The molecule has 3 rings (SSSR count). The number of carboxylic acid groups (broad SMARTS) is 1. The number of sulfone groups is 1. The second kappa shape index (κ2) is 13.3. The molecule has 0 unspecified atom stereocenters. The molecule has 0 saturated heterocycles. The van der Waals surface area contributed by atoms with Crippen molar-refractivity contribution in [1.82, 2.24) is 5.32 Å². The van der Waals surface area contributed by atoms with E-state index in [9.17, 15) is 18.0 Å². The van der Waals surface area contributed by atoms with Gasteiger partial charge in [-0.1, -0.05) is 51.7 Å². The Labute approximate surface area is 232 Å². The summed E-state index contributed by atoms with van der Waals surface area (Å²) in [6, 6.07) is 13.1. The Morgan fingerprint density at radius 1 is 1.05 bits per heavy atom. The Kier molecular flexibility index (Phi) is 10.4. The molecule has 0 radical (unpaired) electrons. The van der Waals surface area contributed by atoms with Crippen molar-refractivity contribution in [3.8, 4) is 5.75 Å². The van der Waals surface area contributed by atoms with Crippen LogP contribution in [-0.4, -0.2) is 58.4 Å². The fourth-order valence-electron chi connectivity index (χ4n) is 5.50. The molecule has 2 aromatic rings. The van der Waals surface area contributed by atoms with Crippen LogP contribution in [0.25, 0.3) is 0 Å². The lowest BCUT2D eigenvalue weighted by atomic mass is 9.70. The van der Waals surface area contributed by atoms with Gasteiger partial charge in [0.25, 0.3) is 5.91 Å². The standard InChI is InChI=1S/C30H42N2O6S/c1-5-7-15-30(16-8-6-2)18-26(25-17-23(32(3)4)11-14-27(25)39(36,37)21-30)22-9-12-24(13-10-22)38-20-28(33)31-19-29(34)35/h9-14,17,26H,5-8,15-16,18-21H2,1-4H3,(H,31,33)(H,34,35)/t26-/m1/s1. The van der Waals surface area contributed by atoms with Crippen molar-refractivity contribution in [3.05, 3.63) is 53.6 Å². The van der Waals surface area contributed by atoms with E-state index in [1.165, 1.54) is 0 Å². The SMILES string of the molecule is CCCCC1(CCCC)C[C@H](c2ccc(OCC(=O)NCC(=O)O)cc2)c2cc(N(C)C)ccc2S(=O)(=O)C1. The van der Waals surface area contributed by atoms with Gasteiger partial charge in [0.15, 0.2) is 16.4 Å². The van der Waals surface area contributed by atoms with E-state index in [4.69, 9.17) is 9.84 Å². The van der Waals surface area contributed by atoms with Crippen molar-refractivity contribution < 1.29 is 27.9 Å². The normalized spacial score (nSPS) is 17.5. The highest BCUT2D eigenvalue weighted by atomic mass is 32.2. The number of hydrogen-bond acceptors (Lipinski definition) is 6. The maximum atomic E-state index is 13.9. The minimum absolute atomic E-state index is 0.112. The van der Waals surface area contributed by atoms with Gasteiger partial charge in [-0.2, -0.15) is 0 Å². The first kappa shape index (κ1) is 30.5. The van der Waals surface area contributed by atoms with E-state index < -0.39 is 28.3 Å². The topological polar surface area (TPSA) is 113 Å². The van der Waals surface area contributed by atoms with E-state index >= 15 is 0 Å². The van der Waals surface area contributed by atoms with Crippen molar-refractivity contribution in [3.63, 3.8) is 0 Å². The summed E-state index contributed by atoms with van der Waals surface area (Å²) in [7, 11) is 0.406. The number of aliphatic carboxylic acids is 1. The van der Waals surface area contributed by atoms with Gasteiger partial charge in [-0.25, -0.2) is 8.42 Å². The minimum Gasteiger partial charge on any atom is -0.484 e. The number of unbranched alkanes of at least 4 members (excludes halogenated alkanes) is 2. The first-order valence-electron chi connectivity index (χ1n) is 13.8. The third kappa shape index (κ3) is 7.97. The Morgan fingerprint density at radius 3 is 2.26 bits per heavy atom. The van der Waals surface area contributed by atoms with Gasteiger partial charge in [0.2, 0.25) is 0 Å². The summed E-state index contributed by atoms with van der Waals surface area (Å²) in [5, 5.41) is 11.0. The van der Waals surface area contributed by atoms with Crippen LogP contribution in [0.3, 0.4) is 0 Å². The highest BCUT2D eigenvalue weighted by Crippen LogP contribution is 2.50. The Hall–Kier alpha value is -3.07. The molecule has 8 nitrogen and oxygen atoms in total. The van der Waals surface area contributed by atoms with Crippen molar-refractivity contribution in [2.45, 2.75) is 69.6 Å². The molecule has 0 bridgehead atoms. The zero-order chi connectivity index (χ0) is 28.6. The van der Waals surface area contributed by atoms with Gasteiger partial charge in [-0.15, -0.1) is 0 Å². The molecule has 2 N–H and O–H groups in total. The number of benzene rings is 2. The van der Waals surface area contributed by atoms with Crippen molar-refractivity contribution in [2.24, 2.45) is 5.41 Å². The second-order valence-electron chi connectivity index (χ2n) is 10.9. The number of anilines is 1. The number of carbonyl (C=O) groups excluding carboxylic acids is 1. The molecule has 1 atom stereocenters. The van der Waals surface area contributed by atoms with E-state index in [0.29, 0.717) is 10.6 Å². The van der Waals surface area contributed by atoms with Gasteiger partial charge in [0.05, 0.1) is 10.6 Å². The third-order valence-corrected chi connectivity index (χ3v) is 9.60. The van der Waals surface area contributed by atoms with Crippen LogP contribution in [0.4, 0.5) is 5.69 Å². The van der Waals surface area contributed by atoms with E-state index in [0.717, 1.165) is 61.8 Å². The lowest BCUT2D eigenvalue weighted by Crippen LogP contribution is -2.33. The molecule has 0 aliphatic carbocycles. The van der Waals surface area contributed by atoms with E-state index in [1.807, 2.05) is 43.3 Å². The van der Waals surface area contributed by atoms with Crippen LogP contribution in [0.1, 0.15) is 75.8 Å². The van der Waals surface area contributed by atoms with Gasteiger partial charge in [0.1, 0.15) is 12.3 Å². The van der Waals surface area contributed by atoms with Crippen LogP contribution in [0.15, 0.2) is 47.4 Å². The number of fused-ring (bicyclic) bond motifs is 1. The second-order valence-corrected chi connectivity index (χ2v) is 12.8. The van der Waals surface area contributed by atoms with E-state index in [1.54, 1.807) is 18.2 Å².